The highest BCUT2D eigenvalue weighted by molar-refractivity contribution is 7.80. The molecule has 0 aliphatic carbocycles. The molecule has 3 heteroatoms. The Morgan fingerprint density at radius 2 is 1.56 bits per heavy atom. The summed E-state index contributed by atoms with van der Waals surface area (Å²) in [6, 6.07) is 16.5. The smallest absolute Gasteiger partial charge is 0.255 e. The molecule has 2 rings (SSSR count). The van der Waals surface area contributed by atoms with Gasteiger partial charge < -0.3 is 5.32 Å². The minimum Gasteiger partial charge on any atom is -0.321 e. The first-order chi connectivity index (χ1) is 7.77. The van der Waals surface area contributed by atoms with Crippen LogP contribution in [0, 0.1) is 0 Å². The van der Waals surface area contributed by atoms with Crippen molar-refractivity contribution in [2.75, 3.05) is 5.32 Å². The van der Waals surface area contributed by atoms with E-state index in [1.54, 1.807) is 12.1 Å². The Morgan fingerprint density at radius 3 is 2.25 bits per heavy atom. The molecule has 0 spiro atoms. The van der Waals surface area contributed by atoms with Crippen LogP contribution < -0.4 is 5.32 Å². The third-order valence-corrected chi connectivity index (χ3v) is 2.58. The Hall–Kier alpha value is -1.74. The number of para-hydroxylation sites is 1. The molecule has 0 heterocycles. The van der Waals surface area contributed by atoms with Gasteiger partial charge in [-0.25, -0.2) is 0 Å². The Kier molecular flexibility index (Phi) is 3.27. The van der Waals surface area contributed by atoms with E-state index in [9.17, 15) is 4.79 Å². The van der Waals surface area contributed by atoms with E-state index in [0.29, 0.717) is 5.56 Å². The van der Waals surface area contributed by atoms with Crippen LogP contribution in [-0.4, -0.2) is 5.91 Å². The molecular formula is C13H11NOS. The average molecular weight is 229 g/mol. The lowest BCUT2D eigenvalue weighted by Crippen LogP contribution is -2.11. The summed E-state index contributed by atoms with van der Waals surface area (Å²) in [5.41, 5.74) is 1.36. The standard InChI is InChI=1S/C13H11NOS/c15-13(10-6-2-1-3-7-10)14-11-8-4-5-9-12(11)16/h1-9,16H,(H,14,15). The molecule has 0 aromatic heterocycles. The molecule has 1 N–H and O–H groups in total. The van der Waals surface area contributed by atoms with E-state index < -0.39 is 0 Å². The molecule has 0 aliphatic heterocycles. The number of nitrogens with one attached hydrogen (secondary N) is 1. The van der Waals surface area contributed by atoms with Crippen molar-refractivity contribution in [3.05, 3.63) is 60.2 Å². The lowest BCUT2D eigenvalue weighted by molar-refractivity contribution is 0.102. The molecule has 0 fully saturated rings. The first kappa shape index (κ1) is 10.8. The number of amides is 1. The highest BCUT2D eigenvalue weighted by Gasteiger charge is 2.06. The lowest BCUT2D eigenvalue weighted by Gasteiger charge is -2.07. The molecule has 0 saturated carbocycles. The Labute approximate surface area is 99.7 Å². The molecular weight excluding hydrogens is 218 g/mol. The fourth-order valence-electron chi connectivity index (χ4n) is 1.36. The number of carbonyl (C=O) groups is 1. The Balaban J connectivity index is 2.18. The first-order valence-electron chi connectivity index (χ1n) is 4.92. The maximum absolute atomic E-state index is 11.8. The summed E-state index contributed by atoms with van der Waals surface area (Å²) in [4.78, 5) is 12.6. The van der Waals surface area contributed by atoms with E-state index in [2.05, 4.69) is 17.9 Å². The van der Waals surface area contributed by atoms with Gasteiger partial charge in [0.25, 0.3) is 5.91 Å². The van der Waals surface area contributed by atoms with Crippen LogP contribution in [0.4, 0.5) is 5.69 Å². The second kappa shape index (κ2) is 4.86. The molecule has 80 valence electrons. The number of hydrogen-bond donors (Lipinski definition) is 2. The van der Waals surface area contributed by atoms with Crippen molar-refractivity contribution >= 4 is 24.2 Å². The summed E-state index contributed by atoms with van der Waals surface area (Å²) >= 11 is 4.27. The van der Waals surface area contributed by atoms with Crippen molar-refractivity contribution in [1.82, 2.24) is 0 Å². The number of benzene rings is 2. The fourth-order valence-corrected chi connectivity index (χ4v) is 1.58. The van der Waals surface area contributed by atoms with Crippen molar-refractivity contribution < 1.29 is 4.79 Å². The summed E-state index contributed by atoms with van der Waals surface area (Å²) in [5.74, 6) is -0.123. The van der Waals surface area contributed by atoms with E-state index in [0.717, 1.165) is 10.6 Å². The van der Waals surface area contributed by atoms with Crippen LogP contribution in [0.2, 0.25) is 0 Å². The highest BCUT2D eigenvalue weighted by atomic mass is 32.1. The van der Waals surface area contributed by atoms with Crippen LogP contribution in [-0.2, 0) is 0 Å². The van der Waals surface area contributed by atoms with E-state index in [1.807, 2.05) is 42.5 Å². The normalized spacial score (nSPS) is 9.81. The Morgan fingerprint density at radius 1 is 0.938 bits per heavy atom. The summed E-state index contributed by atoms with van der Waals surface area (Å²) in [5, 5.41) is 2.81. The molecule has 2 aromatic carbocycles. The van der Waals surface area contributed by atoms with Crippen LogP contribution in [0.15, 0.2) is 59.5 Å². The summed E-state index contributed by atoms with van der Waals surface area (Å²) in [7, 11) is 0. The summed E-state index contributed by atoms with van der Waals surface area (Å²) in [6.45, 7) is 0. The number of carbonyl (C=O) groups excluding carboxylic acids is 1. The zero-order chi connectivity index (χ0) is 11.4. The van der Waals surface area contributed by atoms with Crippen molar-refractivity contribution in [3.63, 3.8) is 0 Å². The van der Waals surface area contributed by atoms with Gasteiger partial charge in [0, 0.05) is 10.5 Å². The van der Waals surface area contributed by atoms with Gasteiger partial charge in [0.05, 0.1) is 5.69 Å². The predicted molar refractivity (Wildman–Crippen MR) is 68.1 cm³/mol. The molecule has 0 unspecified atom stereocenters. The van der Waals surface area contributed by atoms with Gasteiger partial charge in [0.2, 0.25) is 0 Å². The van der Waals surface area contributed by atoms with Crippen LogP contribution in [0.5, 0.6) is 0 Å². The topological polar surface area (TPSA) is 29.1 Å². The number of hydrogen-bond acceptors (Lipinski definition) is 2. The van der Waals surface area contributed by atoms with E-state index in [1.165, 1.54) is 0 Å². The molecule has 2 aromatic rings. The molecule has 0 atom stereocenters. The lowest BCUT2D eigenvalue weighted by atomic mass is 10.2. The molecule has 0 saturated heterocycles. The Bertz CT molecular complexity index is 496. The number of thiol groups is 1. The van der Waals surface area contributed by atoms with E-state index >= 15 is 0 Å². The molecule has 16 heavy (non-hydrogen) atoms. The van der Waals surface area contributed by atoms with Gasteiger partial charge in [-0.15, -0.1) is 12.6 Å². The predicted octanol–water partition coefficient (Wildman–Crippen LogP) is 3.23. The third-order valence-electron chi connectivity index (χ3n) is 2.19. The van der Waals surface area contributed by atoms with Gasteiger partial charge in [0.1, 0.15) is 0 Å². The van der Waals surface area contributed by atoms with Crippen LogP contribution in [0.25, 0.3) is 0 Å². The molecule has 0 bridgehead atoms. The van der Waals surface area contributed by atoms with E-state index in [-0.39, 0.29) is 5.91 Å². The number of rotatable bonds is 2. The monoisotopic (exact) mass is 229 g/mol. The second-order valence-electron chi connectivity index (χ2n) is 3.34. The van der Waals surface area contributed by atoms with Crippen LogP contribution in [0.1, 0.15) is 10.4 Å². The van der Waals surface area contributed by atoms with Gasteiger partial charge in [-0.05, 0) is 24.3 Å². The molecule has 0 aliphatic rings. The van der Waals surface area contributed by atoms with E-state index in [4.69, 9.17) is 0 Å². The van der Waals surface area contributed by atoms with Crippen LogP contribution in [0.3, 0.4) is 0 Å². The zero-order valence-corrected chi connectivity index (χ0v) is 9.45. The average Bonchev–Trinajstić information content (AvgIpc) is 2.33. The molecule has 1 amide bonds. The fraction of sp³-hybridized carbons (Fsp3) is 0. The van der Waals surface area contributed by atoms with Crippen molar-refractivity contribution in [2.24, 2.45) is 0 Å². The second-order valence-corrected chi connectivity index (χ2v) is 3.82. The first-order valence-corrected chi connectivity index (χ1v) is 5.36. The van der Waals surface area contributed by atoms with Gasteiger partial charge >= 0.3 is 0 Å². The quantitative estimate of drug-likeness (QED) is 0.761. The maximum atomic E-state index is 11.8. The van der Waals surface area contributed by atoms with Crippen LogP contribution >= 0.6 is 12.6 Å². The van der Waals surface area contributed by atoms with Gasteiger partial charge in [-0.1, -0.05) is 30.3 Å². The number of anilines is 1. The minimum absolute atomic E-state index is 0.123. The zero-order valence-electron chi connectivity index (χ0n) is 8.55. The summed E-state index contributed by atoms with van der Waals surface area (Å²) < 4.78 is 0. The minimum atomic E-state index is -0.123. The molecule has 0 radical (unpaired) electrons. The van der Waals surface area contributed by atoms with Crippen molar-refractivity contribution in [3.8, 4) is 0 Å². The highest BCUT2D eigenvalue weighted by Crippen LogP contribution is 2.19. The summed E-state index contributed by atoms with van der Waals surface area (Å²) in [6.07, 6.45) is 0. The molecule has 2 nitrogen and oxygen atoms in total. The SMILES string of the molecule is O=C(Nc1ccccc1S)c1ccccc1. The van der Waals surface area contributed by atoms with Gasteiger partial charge in [0.15, 0.2) is 0 Å². The van der Waals surface area contributed by atoms with Gasteiger partial charge in [-0.2, -0.15) is 0 Å². The third kappa shape index (κ3) is 2.44. The van der Waals surface area contributed by atoms with Crippen molar-refractivity contribution in [1.29, 1.82) is 0 Å². The largest absolute Gasteiger partial charge is 0.321 e. The van der Waals surface area contributed by atoms with Gasteiger partial charge in [-0.3, -0.25) is 4.79 Å². The van der Waals surface area contributed by atoms with Crippen molar-refractivity contribution in [2.45, 2.75) is 4.90 Å². The maximum Gasteiger partial charge on any atom is 0.255 e.